The zero-order valence-corrected chi connectivity index (χ0v) is 14.0. The maximum Gasteiger partial charge on any atom is 0.321 e. The van der Waals surface area contributed by atoms with Crippen molar-refractivity contribution in [3.8, 4) is 0 Å². The molecule has 1 aliphatic rings. The number of carbonyl (C=O) groups is 1. The van der Waals surface area contributed by atoms with Crippen LogP contribution >= 0.6 is 0 Å². The van der Waals surface area contributed by atoms with Crippen molar-refractivity contribution < 1.29 is 4.79 Å². The molecule has 5 heteroatoms. The van der Waals surface area contributed by atoms with Gasteiger partial charge in [-0.3, -0.25) is 4.90 Å². The summed E-state index contributed by atoms with van der Waals surface area (Å²) in [5, 5.41) is 2.99. The van der Waals surface area contributed by atoms with E-state index in [9.17, 15) is 4.79 Å². The van der Waals surface area contributed by atoms with Gasteiger partial charge in [-0.2, -0.15) is 0 Å². The highest BCUT2D eigenvalue weighted by Gasteiger charge is 2.20. The number of benzene rings is 1. The second kappa shape index (κ2) is 8.03. The molecule has 0 aliphatic carbocycles. The number of carbonyl (C=O) groups excluding carboxylic acids is 1. The molecule has 1 aliphatic heterocycles. The molecule has 0 aromatic heterocycles. The molecule has 0 spiro atoms. The lowest BCUT2D eigenvalue weighted by atomic mass is 10.2. The molecule has 0 atom stereocenters. The Morgan fingerprint density at radius 3 is 2.32 bits per heavy atom. The molecular weight excluding hydrogens is 276 g/mol. The molecule has 0 saturated carbocycles. The fourth-order valence-corrected chi connectivity index (χ4v) is 2.60. The van der Waals surface area contributed by atoms with Crippen LogP contribution in [-0.2, 0) is 0 Å². The lowest BCUT2D eigenvalue weighted by molar-refractivity contribution is 0.146. The minimum Gasteiger partial charge on any atom is -0.378 e. The van der Waals surface area contributed by atoms with E-state index in [-0.39, 0.29) is 6.03 Å². The van der Waals surface area contributed by atoms with Crippen molar-refractivity contribution in [1.82, 2.24) is 9.80 Å². The second-order valence-electron chi connectivity index (χ2n) is 6.05. The van der Waals surface area contributed by atoms with E-state index >= 15 is 0 Å². The Balaban J connectivity index is 1.80. The van der Waals surface area contributed by atoms with E-state index in [1.165, 1.54) is 12.8 Å². The minimum atomic E-state index is 0.00717. The summed E-state index contributed by atoms with van der Waals surface area (Å²) >= 11 is 0. The molecule has 1 aromatic rings. The van der Waals surface area contributed by atoms with Gasteiger partial charge in [-0.1, -0.05) is 13.3 Å². The Bertz CT molecular complexity index is 464. The molecule has 22 heavy (non-hydrogen) atoms. The average Bonchev–Trinajstić information content (AvgIpc) is 2.54. The number of anilines is 2. The van der Waals surface area contributed by atoms with Crippen LogP contribution in [0.25, 0.3) is 0 Å². The van der Waals surface area contributed by atoms with Crippen LogP contribution in [0, 0.1) is 0 Å². The molecule has 1 heterocycles. The smallest absolute Gasteiger partial charge is 0.321 e. The van der Waals surface area contributed by atoms with Gasteiger partial charge < -0.3 is 15.1 Å². The van der Waals surface area contributed by atoms with Gasteiger partial charge in [0.2, 0.25) is 0 Å². The van der Waals surface area contributed by atoms with E-state index in [1.54, 1.807) is 0 Å². The highest BCUT2D eigenvalue weighted by molar-refractivity contribution is 5.89. The quantitative estimate of drug-likeness (QED) is 0.909. The van der Waals surface area contributed by atoms with Gasteiger partial charge in [0, 0.05) is 51.6 Å². The standard InChI is InChI=1S/C17H28N4O/c1-4-5-10-20-11-13-21(14-12-20)17(22)18-15-6-8-16(9-7-15)19(2)3/h6-9H,4-5,10-14H2,1-3H3,(H,18,22). The zero-order valence-electron chi connectivity index (χ0n) is 14.0. The number of urea groups is 1. The summed E-state index contributed by atoms with van der Waals surface area (Å²) in [5.74, 6) is 0. The van der Waals surface area contributed by atoms with Crippen molar-refractivity contribution in [3.63, 3.8) is 0 Å². The lowest BCUT2D eigenvalue weighted by Crippen LogP contribution is -2.50. The van der Waals surface area contributed by atoms with Gasteiger partial charge in [-0.25, -0.2) is 4.79 Å². The fraction of sp³-hybridized carbons (Fsp3) is 0.588. The van der Waals surface area contributed by atoms with Crippen molar-refractivity contribution in [2.24, 2.45) is 0 Å². The van der Waals surface area contributed by atoms with Crippen molar-refractivity contribution in [3.05, 3.63) is 24.3 Å². The molecule has 5 nitrogen and oxygen atoms in total. The van der Waals surface area contributed by atoms with E-state index in [0.717, 1.165) is 44.1 Å². The average molecular weight is 304 g/mol. The molecule has 0 bridgehead atoms. The number of hydrogen-bond donors (Lipinski definition) is 1. The maximum absolute atomic E-state index is 12.3. The van der Waals surface area contributed by atoms with Crippen LogP contribution < -0.4 is 10.2 Å². The molecule has 0 unspecified atom stereocenters. The summed E-state index contributed by atoms with van der Waals surface area (Å²) < 4.78 is 0. The first-order chi connectivity index (χ1) is 10.6. The van der Waals surface area contributed by atoms with Crippen molar-refractivity contribution in [2.75, 3.05) is 57.0 Å². The SMILES string of the molecule is CCCCN1CCN(C(=O)Nc2ccc(N(C)C)cc2)CC1. The number of rotatable bonds is 5. The van der Waals surface area contributed by atoms with Gasteiger partial charge in [-0.15, -0.1) is 0 Å². The molecule has 1 aromatic carbocycles. The van der Waals surface area contributed by atoms with Crippen LogP contribution in [0.1, 0.15) is 19.8 Å². The van der Waals surface area contributed by atoms with Crippen LogP contribution in [0.5, 0.6) is 0 Å². The monoisotopic (exact) mass is 304 g/mol. The Labute approximate surface area is 133 Å². The van der Waals surface area contributed by atoms with Gasteiger partial charge >= 0.3 is 6.03 Å². The highest BCUT2D eigenvalue weighted by Crippen LogP contribution is 2.16. The van der Waals surface area contributed by atoms with Crippen LogP contribution in [0.15, 0.2) is 24.3 Å². The summed E-state index contributed by atoms with van der Waals surface area (Å²) in [6, 6.07) is 7.93. The zero-order chi connectivity index (χ0) is 15.9. The third kappa shape index (κ3) is 4.63. The predicted molar refractivity (Wildman–Crippen MR) is 92.7 cm³/mol. The fourth-order valence-electron chi connectivity index (χ4n) is 2.60. The van der Waals surface area contributed by atoms with Crippen LogP contribution in [0.2, 0.25) is 0 Å². The van der Waals surface area contributed by atoms with Gasteiger partial charge in [0.05, 0.1) is 0 Å². The number of piperazine rings is 1. The van der Waals surface area contributed by atoms with Gasteiger partial charge in [0.25, 0.3) is 0 Å². The van der Waals surface area contributed by atoms with E-state index in [1.807, 2.05) is 48.2 Å². The van der Waals surface area contributed by atoms with Gasteiger partial charge in [0.15, 0.2) is 0 Å². The molecule has 1 fully saturated rings. The third-order valence-electron chi connectivity index (χ3n) is 4.12. The molecule has 122 valence electrons. The van der Waals surface area contributed by atoms with Crippen molar-refractivity contribution in [1.29, 1.82) is 0 Å². The Hall–Kier alpha value is -1.75. The topological polar surface area (TPSA) is 38.8 Å². The first-order valence-electron chi connectivity index (χ1n) is 8.16. The van der Waals surface area contributed by atoms with Crippen LogP contribution in [0.3, 0.4) is 0 Å². The summed E-state index contributed by atoms with van der Waals surface area (Å²) in [6.45, 7) is 6.94. The number of unbranched alkanes of at least 4 members (excludes halogenated alkanes) is 1. The van der Waals surface area contributed by atoms with Crippen molar-refractivity contribution in [2.45, 2.75) is 19.8 Å². The van der Waals surface area contributed by atoms with Crippen LogP contribution in [-0.4, -0.2) is 62.7 Å². The van der Waals surface area contributed by atoms with Crippen LogP contribution in [0.4, 0.5) is 16.2 Å². The van der Waals surface area contributed by atoms with Crippen molar-refractivity contribution >= 4 is 17.4 Å². The normalized spacial score (nSPS) is 15.7. The van der Waals surface area contributed by atoms with E-state index < -0.39 is 0 Å². The molecule has 0 radical (unpaired) electrons. The van der Waals surface area contributed by atoms with Gasteiger partial charge in [0.1, 0.15) is 0 Å². The van der Waals surface area contributed by atoms with E-state index in [0.29, 0.717) is 0 Å². The third-order valence-corrected chi connectivity index (χ3v) is 4.12. The maximum atomic E-state index is 12.3. The number of nitrogens with one attached hydrogen (secondary N) is 1. The van der Waals surface area contributed by atoms with Gasteiger partial charge in [-0.05, 0) is 37.2 Å². The predicted octanol–water partition coefficient (Wildman–Crippen LogP) is 2.70. The number of hydrogen-bond acceptors (Lipinski definition) is 3. The number of amides is 2. The largest absolute Gasteiger partial charge is 0.378 e. The Morgan fingerprint density at radius 2 is 1.77 bits per heavy atom. The molecule has 2 amide bonds. The number of nitrogens with zero attached hydrogens (tertiary/aromatic N) is 3. The second-order valence-corrected chi connectivity index (χ2v) is 6.05. The summed E-state index contributed by atoms with van der Waals surface area (Å²) in [7, 11) is 4.01. The van der Waals surface area contributed by atoms with E-state index in [2.05, 4.69) is 17.1 Å². The lowest BCUT2D eigenvalue weighted by Gasteiger charge is -2.34. The summed E-state index contributed by atoms with van der Waals surface area (Å²) in [6.07, 6.45) is 2.47. The first-order valence-corrected chi connectivity index (χ1v) is 8.16. The molecular formula is C17H28N4O. The molecule has 1 saturated heterocycles. The highest BCUT2D eigenvalue weighted by atomic mass is 16.2. The summed E-state index contributed by atoms with van der Waals surface area (Å²) in [4.78, 5) is 18.7. The molecule has 1 N–H and O–H groups in total. The Kier molecular flexibility index (Phi) is 6.07. The minimum absolute atomic E-state index is 0.00717. The molecule has 2 rings (SSSR count). The summed E-state index contributed by atoms with van der Waals surface area (Å²) in [5.41, 5.74) is 1.98. The Morgan fingerprint density at radius 1 is 1.14 bits per heavy atom. The first kappa shape index (κ1) is 16.6. The van der Waals surface area contributed by atoms with E-state index in [4.69, 9.17) is 0 Å².